The molecule has 8 N–H and O–H groups in total. The number of hydrogen-bond acceptors (Lipinski definition) is 14. The summed E-state index contributed by atoms with van der Waals surface area (Å²) in [5, 5.41) is 31.9. The van der Waals surface area contributed by atoms with Gasteiger partial charge in [0.15, 0.2) is 6.10 Å². The van der Waals surface area contributed by atoms with Crippen molar-refractivity contribution in [2.24, 2.45) is 0 Å². The van der Waals surface area contributed by atoms with E-state index in [9.17, 15) is 63.1 Å². The molecule has 0 amide bonds. The van der Waals surface area contributed by atoms with Crippen LogP contribution < -0.4 is 0 Å². The standard InChI is InChI=1S/C47H85O19P3/c1-3-5-7-9-11-13-15-17-19-20-22-23-25-27-29-31-33-35-40(48)61-37-39(63-41(49)36-34-32-30-28-26-24-21-18-16-14-12-10-8-6-4-2)38-62-69(59,60)66-45-42(50)43(51)46(64-67(53,54)55)47(44(45)52)65-68(56,57)58/h11,13,17,19,22-23,27,29,39,42-47,50-52H,3-10,12,14-16,18,20-21,24-26,28,30-38H2,1-2H3,(H,59,60)(H2,53,54,55)(H2,56,57,58). The summed E-state index contributed by atoms with van der Waals surface area (Å²) in [4.78, 5) is 73.3. The van der Waals surface area contributed by atoms with E-state index < -0.39 is 91.3 Å². The first-order valence-electron chi connectivity index (χ1n) is 24.9. The van der Waals surface area contributed by atoms with Crippen LogP contribution in [0.15, 0.2) is 48.6 Å². The zero-order chi connectivity index (χ0) is 51.4. The van der Waals surface area contributed by atoms with E-state index in [1.807, 2.05) is 12.2 Å². The molecule has 402 valence electrons. The van der Waals surface area contributed by atoms with Crippen LogP contribution in [-0.4, -0.2) is 108 Å². The normalized spacial score (nSPS) is 21.7. The van der Waals surface area contributed by atoms with Gasteiger partial charge in [-0.05, 0) is 51.4 Å². The second kappa shape index (κ2) is 38.7. The van der Waals surface area contributed by atoms with E-state index in [2.05, 4.69) is 59.4 Å². The van der Waals surface area contributed by atoms with Gasteiger partial charge in [-0.15, -0.1) is 0 Å². The second-order valence-electron chi connectivity index (χ2n) is 17.4. The van der Waals surface area contributed by atoms with Gasteiger partial charge in [0.25, 0.3) is 0 Å². The van der Waals surface area contributed by atoms with E-state index in [4.69, 9.17) is 18.5 Å². The number of carbonyl (C=O) groups is 2. The lowest BCUT2D eigenvalue weighted by Gasteiger charge is -2.44. The lowest BCUT2D eigenvalue weighted by atomic mass is 9.85. The topological polar surface area (TPSA) is 303 Å². The summed E-state index contributed by atoms with van der Waals surface area (Å²) in [5.41, 5.74) is 0. The minimum Gasteiger partial charge on any atom is -0.462 e. The molecular formula is C47H85O19P3. The molecule has 0 heterocycles. The van der Waals surface area contributed by atoms with E-state index >= 15 is 0 Å². The SMILES string of the molecule is CCCCCC=CCC=CCC=CCC=CCCCC(=O)OCC(COP(=O)(O)OC1C(O)C(O)C(OP(=O)(O)O)C(OP(=O)(O)O)C1O)OC(=O)CCCCCCCCCCCCCCCCC. The lowest BCUT2D eigenvalue weighted by molar-refractivity contribution is -0.213. The molecule has 69 heavy (non-hydrogen) atoms. The minimum absolute atomic E-state index is 0.00460. The third-order valence-electron chi connectivity index (χ3n) is 11.1. The molecule has 0 spiro atoms. The molecule has 19 nitrogen and oxygen atoms in total. The quantitative estimate of drug-likeness (QED) is 0.0122. The van der Waals surface area contributed by atoms with Crippen LogP contribution in [0.2, 0.25) is 0 Å². The maximum Gasteiger partial charge on any atom is 0.472 e. The third-order valence-corrected chi connectivity index (χ3v) is 13.2. The second-order valence-corrected chi connectivity index (χ2v) is 21.2. The molecule has 1 saturated carbocycles. The van der Waals surface area contributed by atoms with Gasteiger partial charge < -0.3 is 49.3 Å². The van der Waals surface area contributed by atoms with E-state index in [0.29, 0.717) is 19.3 Å². The van der Waals surface area contributed by atoms with Gasteiger partial charge in [-0.2, -0.15) is 0 Å². The molecule has 0 saturated heterocycles. The van der Waals surface area contributed by atoms with Gasteiger partial charge in [0.05, 0.1) is 6.61 Å². The van der Waals surface area contributed by atoms with E-state index in [1.54, 1.807) is 0 Å². The Morgan fingerprint density at radius 1 is 0.464 bits per heavy atom. The highest BCUT2D eigenvalue weighted by atomic mass is 31.2. The highest BCUT2D eigenvalue weighted by molar-refractivity contribution is 7.47. The fourth-order valence-electron chi connectivity index (χ4n) is 7.40. The Hall–Kier alpha value is -1.89. The van der Waals surface area contributed by atoms with Crippen molar-refractivity contribution >= 4 is 35.4 Å². The predicted octanol–water partition coefficient (Wildman–Crippen LogP) is 9.40. The predicted molar refractivity (Wildman–Crippen MR) is 261 cm³/mol. The molecule has 1 aliphatic carbocycles. The van der Waals surface area contributed by atoms with Gasteiger partial charge >= 0.3 is 35.4 Å². The van der Waals surface area contributed by atoms with Gasteiger partial charge in [0.1, 0.15) is 43.2 Å². The molecule has 0 aromatic heterocycles. The van der Waals surface area contributed by atoms with Crippen molar-refractivity contribution < 1.29 is 90.6 Å². The van der Waals surface area contributed by atoms with E-state index in [-0.39, 0.29) is 12.8 Å². The van der Waals surface area contributed by atoms with Crippen LogP contribution in [0.3, 0.4) is 0 Å². The van der Waals surface area contributed by atoms with Crippen molar-refractivity contribution in [3.8, 4) is 0 Å². The average Bonchev–Trinajstić information content (AvgIpc) is 3.28. The molecule has 0 aromatic carbocycles. The highest BCUT2D eigenvalue weighted by Gasteiger charge is 2.56. The van der Waals surface area contributed by atoms with Crippen molar-refractivity contribution in [2.45, 2.75) is 224 Å². The molecule has 1 aliphatic rings. The molecule has 0 aliphatic heterocycles. The molecule has 8 atom stereocenters. The molecule has 0 aromatic rings. The van der Waals surface area contributed by atoms with Crippen LogP contribution in [0.25, 0.3) is 0 Å². The fraction of sp³-hybridized carbons (Fsp3) is 0.787. The first-order chi connectivity index (χ1) is 32.8. The van der Waals surface area contributed by atoms with Crippen LogP contribution in [-0.2, 0) is 50.9 Å². The first-order valence-corrected chi connectivity index (χ1v) is 29.5. The van der Waals surface area contributed by atoms with Gasteiger partial charge in [-0.1, -0.05) is 165 Å². The van der Waals surface area contributed by atoms with Crippen LogP contribution in [0.4, 0.5) is 0 Å². The van der Waals surface area contributed by atoms with E-state index in [0.717, 1.165) is 57.8 Å². The molecule has 1 fully saturated rings. The number of hydrogen-bond donors (Lipinski definition) is 8. The molecule has 0 radical (unpaired) electrons. The average molecular weight is 1050 g/mol. The summed E-state index contributed by atoms with van der Waals surface area (Å²) in [7, 11) is -16.6. The highest BCUT2D eigenvalue weighted by Crippen LogP contribution is 2.51. The van der Waals surface area contributed by atoms with Crippen LogP contribution in [0.1, 0.15) is 181 Å². The van der Waals surface area contributed by atoms with Crippen LogP contribution in [0, 0.1) is 0 Å². The lowest BCUT2D eigenvalue weighted by Crippen LogP contribution is -2.65. The smallest absolute Gasteiger partial charge is 0.462 e. The minimum atomic E-state index is -5.61. The summed E-state index contributed by atoms with van der Waals surface area (Å²) >= 11 is 0. The first kappa shape index (κ1) is 65.1. The number of allylic oxidation sites excluding steroid dienone is 8. The van der Waals surface area contributed by atoms with Crippen molar-refractivity contribution in [3.63, 3.8) is 0 Å². The molecule has 0 bridgehead atoms. The number of phosphoric ester groups is 3. The Balaban J connectivity index is 2.74. The number of aliphatic hydroxyl groups is 3. The number of unbranched alkanes of at least 4 members (excludes halogenated alkanes) is 18. The third kappa shape index (κ3) is 35.0. The van der Waals surface area contributed by atoms with Gasteiger partial charge in [0, 0.05) is 12.8 Å². The summed E-state index contributed by atoms with van der Waals surface area (Å²) < 4.78 is 65.5. The maximum atomic E-state index is 13.1. The summed E-state index contributed by atoms with van der Waals surface area (Å²) in [6, 6.07) is 0. The van der Waals surface area contributed by atoms with Crippen molar-refractivity contribution in [1.82, 2.24) is 0 Å². The van der Waals surface area contributed by atoms with Crippen molar-refractivity contribution in [1.29, 1.82) is 0 Å². The van der Waals surface area contributed by atoms with Gasteiger partial charge in [-0.25, -0.2) is 13.7 Å². The van der Waals surface area contributed by atoms with Crippen LogP contribution in [0.5, 0.6) is 0 Å². The largest absolute Gasteiger partial charge is 0.472 e. The summed E-state index contributed by atoms with van der Waals surface area (Å²) in [5.74, 6) is -1.36. The van der Waals surface area contributed by atoms with Crippen molar-refractivity contribution in [3.05, 3.63) is 48.6 Å². The molecule has 8 unspecified atom stereocenters. The van der Waals surface area contributed by atoms with Gasteiger partial charge in [0.2, 0.25) is 0 Å². The fourth-order valence-corrected chi connectivity index (χ4v) is 9.50. The number of esters is 2. The monoisotopic (exact) mass is 1050 g/mol. The molecule has 22 heteroatoms. The van der Waals surface area contributed by atoms with Crippen LogP contribution >= 0.6 is 23.5 Å². The summed E-state index contributed by atoms with van der Waals surface area (Å²) in [6.07, 6.45) is 25.6. The number of phosphoric acid groups is 3. The number of rotatable bonds is 42. The van der Waals surface area contributed by atoms with Crippen molar-refractivity contribution in [2.75, 3.05) is 13.2 Å². The van der Waals surface area contributed by atoms with E-state index in [1.165, 1.54) is 77.0 Å². The zero-order valence-electron chi connectivity index (χ0n) is 40.9. The molecular weight excluding hydrogens is 961 g/mol. The Bertz CT molecular complexity index is 1630. The maximum absolute atomic E-state index is 13.1. The Morgan fingerprint density at radius 3 is 1.33 bits per heavy atom. The Kier molecular flexibility index (Phi) is 36.5. The number of ether oxygens (including phenoxy) is 2. The Labute approximate surface area is 410 Å². The zero-order valence-corrected chi connectivity index (χ0v) is 43.6. The summed E-state index contributed by atoms with van der Waals surface area (Å²) in [6.45, 7) is 2.88. The molecule has 1 rings (SSSR count). The number of carbonyl (C=O) groups excluding carboxylic acids is 2. The number of aliphatic hydroxyl groups excluding tert-OH is 3. The van der Waals surface area contributed by atoms with Gasteiger partial charge in [-0.3, -0.25) is 27.7 Å². The Morgan fingerprint density at radius 2 is 0.855 bits per heavy atom.